The van der Waals surface area contributed by atoms with Gasteiger partial charge in [0.05, 0.1) is 38.0 Å². The van der Waals surface area contributed by atoms with Gasteiger partial charge in [-0.05, 0) is 47.9 Å². The van der Waals surface area contributed by atoms with Gasteiger partial charge in [0.15, 0.2) is 0 Å². The Morgan fingerprint density at radius 2 is 2.09 bits per heavy atom. The van der Waals surface area contributed by atoms with E-state index in [4.69, 9.17) is 19.4 Å². The number of H-pyrrole nitrogens is 1. The number of fused-ring (bicyclic) bond motifs is 2. The third-order valence-electron chi connectivity index (χ3n) is 5.86. The van der Waals surface area contributed by atoms with Gasteiger partial charge in [-0.2, -0.15) is 5.10 Å². The molecule has 0 amide bonds. The summed E-state index contributed by atoms with van der Waals surface area (Å²) in [6.07, 6.45) is 4.42. The average molecular weight is 431 g/mol. The summed E-state index contributed by atoms with van der Waals surface area (Å²) in [6.45, 7) is 1.04. The van der Waals surface area contributed by atoms with Gasteiger partial charge in [-0.3, -0.25) is 5.10 Å². The van der Waals surface area contributed by atoms with Gasteiger partial charge in [0.25, 0.3) is 0 Å². The SMILES string of the molecule is COc1ccc2c(c1)CC(c1nc(N(C)CCO)c3ccc(-c4cn[nH]c4)cc3n1)CO2. The maximum absolute atomic E-state index is 9.49. The Morgan fingerprint density at radius 3 is 2.88 bits per heavy atom. The molecule has 0 spiro atoms. The van der Waals surface area contributed by atoms with Crippen molar-refractivity contribution in [3.63, 3.8) is 0 Å². The highest BCUT2D eigenvalue weighted by Crippen LogP contribution is 2.36. The lowest BCUT2D eigenvalue weighted by Crippen LogP contribution is -2.25. The van der Waals surface area contributed by atoms with Crippen molar-refractivity contribution in [3.8, 4) is 22.6 Å². The number of aliphatic hydroxyl groups excluding tert-OH is 1. The van der Waals surface area contributed by atoms with E-state index in [0.717, 1.165) is 57.2 Å². The highest BCUT2D eigenvalue weighted by Gasteiger charge is 2.26. The molecule has 164 valence electrons. The first-order chi connectivity index (χ1) is 15.7. The quantitative estimate of drug-likeness (QED) is 0.484. The van der Waals surface area contributed by atoms with Crippen LogP contribution in [0.5, 0.6) is 11.5 Å². The topological polar surface area (TPSA) is 96.4 Å². The zero-order valence-electron chi connectivity index (χ0n) is 18.1. The monoisotopic (exact) mass is 431 g/mol. The van der Waals surface area contributed by atoms with Crippen LogP contribution in [0.15, 0.2) is 48.8 Å². The van der Waals surface area contributed by atoms with Crippen LogP contribution in [0.1, 0.15) is 17.3 Å². The molecule has 0 saturated heterocycles. The Labute approximate surface area is 185 Å². The van der Waals surface area contributed by atoms with E-state index < -0.39 is 0 Å². The van der Waals surface area contributed by atoms with Crippen LogP contribution in [-0.2, 0) is 6.42 Å². The average Bonchev–Trinajstić information content (AvgIpc) is 3.37. The van der Waals surface area contributed by atoms with Crippen LogP contribution >= 0.6 is 0 Å². The second kappa shape index (κ2) is 8.47. The number of nitrogens with one attached hydrogen (secondary N) is 1. The van der Waals surface area contributed by atoms with Gasteiger partial charge in [0, 0.05) is 30.7 Å². The highest BCUT2D eigenvalue weighted by atomic mass is 16.5. The third kappa shape index (κ3) is 3.73. The number of methoxy groups -OCH3 is 1. The molecule has 8 nitrogen and oxygen atoms in total. The number of aromatic amines is 1. The number of nitrogens with zero attached hydrogens (tertiary/aromatic N) is 4. The minimum absolute atomic E-state index is 0.0119. The number of aromatic nitrogens is 4. The summed E-state index contributed by atoms with van der Waals surface area (Å²) in [6, 6.07) is 12.0. The minimum Gasteiger partial charge on any atom is -0.497 e. The van der Waals surface area contributed by atoms with Crippen LogP contribution in [0.3, 0.4) is 0 Å². The molecule has 1 aliphatic rings. The summed E-state index contributed by atoms with van der Waals surface area (Å²) < 4.78 is 11.4. The van der Waals surface area contributed by atoms with Crippen molar-refractivity contribution in [1.29, 1.82) is 0 Å². The molecule has 0 radical (unpaired) electrons. The molecule has 2 N–H and O–H groups in total. The molecule has 32 heavy (non-hydrogen) atoms. The van der Waals surface area contributed by atoms with Crippen LogP contribution < -0.4 is 14.4 Å². The predicted octanol–water partition coefficient (Wildman–Crippen LogP) is 3.18. The van der Waals surface area contributed by atoms with Crippen LogP contribution in [-0.4, -0.2) is 59.2 Å². The molecule has 0 aliphatic carbocycles. The summed E-state index contributed by atoms with van der Waals surface area (Å²) in [5.74, 6) is 3.23. The summed E-state index contributed by atoms with van der Waals surface area (Å²) in [5.41, 5.74) is 3.97. The molecule has 5 rings (SSSR count). The molecule has 8 heteroatoms. The Kier molecular flexibility index (Phi) is 5.36. The number of benzene rings is 2. The Morgan fingerprint density at radius 1 is 1.19 bits per heavy atom. The standard InChI is InChI=1S/C24H25N5O3/c1-29(7-8-30)24-20-5-3-15(18-12-25-26-13-18)11-21(20)27-23(28-24)17-9-16-10-19(31-2)4-6-22(16)32-14-17/h3-6,10-13,17,30H,7-9,14H2,1-2H3,(H,25,26). The minimum atomic E-state index is 0.0119. The van der Waals surface area contributed by atoms with Crippen molar-refractivity contribution in [2.45, 2.75) is 12.3 Å². The van der Waals surface area contributed by atoms with Gasteiger partial charge < -0.3 is 19.5 Å². The molecular formula is C24H25N5O3. The van der Waals surface area contributed by atoms with Crippen molar-refractivity contribution in [2.24, 2.45) is 0 Å². The number of aliphatic hydroxyl groups is 1. The molecule has 1 aliphatic heterocycles. The van der Waals surface area contributed by atoms with Crippen LogP contribution in [0.2, 0.25) is 0 Å². The first-order valence-corrected chi connectivity index (χ1v) is 10.6. The Hall–Kier alpha value is -3.65. The van der Waals surface area contributed by atoms with Crippen LogP contribution in [0, 0.1) is 0 Å². The summed E-state index contributed by atoms with van der Waals surface area (Å²) in [5, 5.41) is 17.3. The van der Waals surface area contributed by atoms with Crippen LogP contribution in [0.4, 0.5) is 5.82 Å². The van der Waals surface area contributed by atoms with E-state index in [1.165, 1.54) is 0 Å². The van der Waals surface area contributed by atoms with Gasteiger partial charge in [0.1, 0.15) is 23.1 Å². The fourth-order valence-corrected chi connectivity index (χ4v) is 4.11. The fraction of sp³-hybridized carbons (Fsp3) is 0.292. The molecule has 2 aromatic heterocycles. The van der Waals surface area contributed by atoms with Gasteiger partial charge in [-0.25, -0.2) is 9.97 Å². The molecule has 0 bridgehead atoms. The second-order valence-electron chi connectivity index (χ2n) is 7.96. The molecule has 1 atom stereocenters. The number of ether oxygens (including phenoxy) is 2. The van der Waals surface area contributed by atoms with E-state index >= 15 is 0 Å². The van der Waals surface area contributed by atoms with Crippen molar-refractivity contribution in [1.82, 2.24) is 20.2 Å². The number of anilines is 1. The zero-order chi connectivity index (χ0) is 22.1. The highest BCUT2D eigenvalue weighted by molar-refractivity contribution is 5.92. The van der Waals surface area contributed by atoms with E-state index in [2.05, 4.69) is 16.3 Å². The molecule has 0 fully saturated rings. The van der Waals surface area contributed by atoms with Crippen molar-refractivity contribution < 1.29 is 14.6 Å². The predicted molar refractivity (Wildman–Crippen MR) is 122 cm³/mol. The number of hydrogen-bond donors (Lipinski definition) is 2. The van der Waals surface area contributed by atoms with E-state index in [1.54, 1.807) is 13.3 Å². The summed E-state index contributed by atoms with van der Waals surface area (Å²) in [7, 11) is 3.60. The van der Waals surface area contributed by atoms with Crippen molar-refractivity contribution in [3.05, 3.63) is 60.2 Å². The Balaban J connectivity index is 1.58. The zero-order valence-corrected chi connectivity index (χ0v) is 18.1. The first kappa shape index (κ1) is 20.3. The molecule has 2 aromatic carbocycles. The summed E-state index contributed by atoms with van der Waals surface area (Å²) >= 11 is 0. The van der Waals surface area contributed by atoms with Gasteiger partial charge >= 0.3 is 0 Å². The lowest BCUT2D eigenvalue weighted by atomic mass is 9.95. The van der Waals surface area contributed by atoms with Gasteiger partial charge in [-0.1, -0.05) is 6.07 Å². The lowest BCUT2D eigenvalue weighted by molar-refractivity contribution is 0.257. The largest absolute Gasteiger partial charge is 0.497 e. The van der Waals surface area contributed by atoms with Gasteiger partial charge in [-0.15, -0.1) is 0 Å². The number of hydrogen-bond acceptors (Lipinski definition) is 7. The lowest BCUT2D eigenvalue weighted by Gasteiger charge is -2.26. The smallest absolute Gasteiger partial charge is 0.140 e. The fourth-order valence-electron chi connectivity index (χ4n) is 4.11. The first-order valence-electron chi connectivity index (χ1n) is 10.6. The molecule has 1 unspecified atom stereocenters. The molecular weight excluding hydrogens is 406 g/mol. The van der Waals surface area contributed by atoms with E-state index in [1.807, 2.05) is 48.5 Å². The third-order valence-corrected chi connectivity index (χ3v) is 5.86. The molecule has 0 saturated carbocycles. The molecule has 4 aromatic rings. The second-order valence-corrected chi connectivity index (χ2v) is 7.96. The van der Waals surface area contributed by atoms with Crippen molar-refractivity contribution >= 4 is 16.7 Å². The maximum Gasteiger partial charge on any atom is 0.140 e. The van der Waals surface area contributed by atoms with E-state index in [9.17, 15) is 5.11 Å². The number of likely N-dealkylation sites (N-methyl/N-ethyl adjacent to an activating group) is 1. The van der Waals surface area contributed by atoms with Crippen LogP contribution in [0.25, 0.3) is 22.0 Å². The van der Waals surface area contributed by atoms with E-state index in [0.29, 0.717) is 13.2 Å². The number of rotatable bonds is 6. The van der Waals surface area contributed by atoms with Crippen molar-refractivity contribution in [2.75, 3.05) is 38.8 Å². The van der Waals surface area contributed by atoms with Gasteiger partial charge in [0.2, 0.25) is 0 Å². The normalized spacial score (nSPS) is 15.3. The summed E-state index contributed by atoms with van der Waals surface area (Å²) in [4.78, 5) is 11.8. The van der Waals surface area contributed by atoms with E-state index in [-0.39, 0.29) is 12.5 Å². The maximum atomic E-state index is 9.49. The Bertz CT molecular complexity index is 1240. The molecule has 3 heterocycles.